The average molecular weight is 345 g/mol. The summed E-state index contributed by atoms with van der Waals surface area (Å²) >= 11 is 0. The molecule has 0 saturated carbocycles. The molecule has 0 aromatic heterocycles. The monoisotopic (exact) mass is 345 g/mol. The molecule has 0 amide bonds. The molecule has 0 unspecified atom stereocenters. The zero-order valence-corrected chi connectivity index (χ0v) is 15.3. The molecule has 132 valence electrons. The number of nitrogens with zero attached hydrogens (tertiary/aromatic N) is 1. The molecule has 0 radical (unpaired) electrons. The van der Waals surface area contributed by atoms with Crippen molar-refractivity contribution in [3.63, 3.8) is 0 Å². The minimum atomic E-state index is -0.195. The highest BCUT2D eigenvalue weighted by Gasteiger charge is 2.29. The van der Waals surface area contributed by atoms with Crippen LogP contribution >= 0.6 is 0 Å². The summed E-state index contributed by atoms with van der Waals surface area (Å²) in [7, 11) is 4.34. The summed E-state index contributed by atoms with van der Waals surface area (Å²) in [6.45, 7) is 0. The van der Waals surface area contributed by atoms with Gasteiger partial charge in [0.2, 0.25) is 0 Å². The van der Waals surface area contributed by atoms with E-state index in [0.29, 0.717) is 12.0 Å². The number of likely N-dealkylation sites (N-methyl/N-ethyl adjacent to an activating group) is 1. The lowest BCUT2D eigenvalue weighted by molar-refractivity contribution is 0.258. The molecule has 3 aromatic carbocycles. The molecule has 26 heavy (non-hydrogen) atoms. The molecule has 2 heteroatoms. The molecule has 0 bridgehead atoms. The van der Waals surface area contributed by atoms with Gasteiger partial charge in [-0.25, -0.2) is 4.39 Å². The van der Waals surface area contributed by atoms with Crippen LogP contribution in [0.3, 0.4) is 0 Å². The van der Waals surface area contributed by atoms with Gasteiger partial charge in [0.15, 0.2) is 0 Å². The van der Waals surface area contributed by atoms with E-state index in [1.54, 1.807) is 0 Å². The smallest absolute Gasteiger partial charge is 0.123 e. The summed E-state index contributed by atoms with van der Waals surface area (Å²) < 4.78 is 13.3. The number of rotatable bonds is 3. The van der Waals surface area contributed by atoms with Crippen molar-refractivity contribution < 1.29 is 4.39 Å². The highest BCUT2D eigenvalue weighted by molar-refractivity contribution is 5.64. The molecule has 1 nitrogen and oxygen atoms in total. The van der Waals surface area contributed by atoms with Gasteiger partial charge >= 0.3 is 0 Å². The third kappa shape index (κ3) is 3.30. The van der Waals surface area contributed by atoms with Crippen LogP contribution in [0.4, 0.5) is 4.39 Å². The van der Waals surface area contributed by atoms with Crippen molar-refractivity contribution in [2.24, 2.45) is 0 Å². The van der Waals surface area contributed by atoms with Crippen molar-refractivity contribution in [1.29, 1.82) is 0 Å². The van der Waals surface area contributed by atoms with Gasteiger partial charge in [0.25, 0.3) is 0 Å². The van der Waals surface area contributed by atoms with Crippen LogP contribution in [0.1, 0.15) is 29.0 Å². The number of hydrogen-bond acceptors (Lipinski definition) is 1. The van der Waals surface area contributed by atoms with Crippen LogP contribution in [0.5, 0.6) is 0 Å². The molecule has 1 aliphatic rings. The zero-order valence-electron chi connectivity index (χ0n) is 15.3. The maximum Gasteiger partial charge on any atom is 0.123 e. The van der Waals surface area contributed by atoms with E-state index in [4.69, 9.17) is 0 Å². The Balaban J connectivity index is 1.74. The highest BCUT2D eigenvalue weighted by atomic mass is 19.1. The Morgan fingerprint density at radius 1 is 0.846 bits per heavy atom. The van der Waals surface area contributed by atoms with Crippen molar-refractivity contribution in [1.82, 2.24) is 4.90 Å². The molecule has 0 spiro atoms. The Morgan fingerprint density at radius 2 is 1.62 bits per heavy atom. The summed E-state index contributed by atoms with van der Waals surface area (Å²) in [5.74, 6) is 0.202. The van der Waals surface area contributed by atoms with Crippen LogP contribution in [0, 0.1) is 5.82 Å². The van der Waals surface area contributed by atoms with Crippen LogP contribution in [0.2, 0.25) is 0 Å². The number of fused-ring (bicyclic) bond motifs is 1. The lowest BCUT2D eigenvalue weighted by atomic mass is 9.76. The van der Waals surface area contributed by atoms with Crippen molar-refractivity contribution in [2.45, 2.75) is 24.8 Å². The molecule has 0 aliphatic heterocycles. The summed E-state index contributed by atoms with van der Waals surface area (Å²) in [5, 5.41) is 0. The third-order valence-electron chi connectivity index (χ3n) is 5.59. The van der Waals surface area contributed by atoms with Crippen LogP contribution in [0.15, 0.2) is 72.8 Å². The van der Waals surface area contributed by atoms with Gasteiger partial charge in [-0.15, -0.1) is 0 Å². The second-order valence-corrected chi connectivity index (χ2v) is 7.44. The maximum absolute atomic E-state index is 13.3. The SMILES string of the molecule is CN(C)[C@H]1Cc2ccccc2[C@@H](c2cccc(-c3ccc(F)cc3)c2)C1. The quantitative estimate of drug-likeness (QED) is 0.606. The molecular formula is C24H24FN. The summed E-state index contributed by atoms with van der Waals surface area (Å²) in [4.78, 5) is 2.34. The zero-order chi connectivity index (χ0) is 18.1. The van der Waals surface area contributed by atoms with E-state index in [9.17, 15) is 4.39 Å². The Morgan fingerprint density at radius 3 is 2.38 bits per heavy atom. The highest BCUT2D eigenvalue weighted by Crippen LogP contribution is 2.39. The van der Waals surface area contributed by atoms with Crippen molar-refractivity contribution >= 4 is 0 Å². The number of benzene rings is 3. The molecule has 4 rings (SSSR count). The van der Waals surface area contributed by atoms with E-state index in [0.717, 1.165) is 24.0 Å². The van der Waals surface area contributed by atoms with Crippen molar-refractivity contribution in [3.05, 3.63) is 95.3 Å². The number of halogens is 1. The van der Waals surface area contributed by atoms with E-state index in [-0.39, 0.29) is 5.82 Å². The summed E-state index contributed by atoms with van der Waals surface area (Å²) in [5.41, 5.74) is 6.44. The van der Waals surface area contributed by atoms with Gasteiger partial charge in [0.1, 0.15) is 5.82 Å². The van der Waals surface area contributed by atoms with Crippen LogP contribution in [0.25, 0.3) is 11.1 Å². The Kier molecular flexibility index (Phi) is 4.60. The second-order valence-electron chi connectivity index (χ2n) is 7.44. The van der Waals surface area contributed by atoms with E-state index in [1.807, 2.05) is 12.1 Å². The first-order valence-electron chi connectivity index (χ1n) is 9.22. The Hall–Kier alpha value is -2.45. The van der Waals surface area contributed by atoms with Gasteiger partial charge in [-0.3, -0.25) is 0 Å². The molecule has 0 N–H and O–H groups in total. The van der Waals surface area contributed by atoms with Crippen LogP contribution < -0.4 is 0 Å². The van der Waals surface area contributed by atoms with Crippen molar-refractivity contribution in [3.8, 4) is 11.1 Å². The molecule has 2 atom stereocenters. The predicted octanol–water partition coefficient (Wildman–Crippen LogP) is 5.50. The fourth-order valence-electron chi connectivity index (χ4n) is 4.08. The van der Waals surface area contributed by atoms with E-state index >= 15 is 0 Å². The minimum Gasteiger partial charge on any atom is -0.306 e. The molecule has 1 aliphatic carbocycles. The maximum atomic E-state index is 13.3. The van der Waals surface area contributed by atoms with Crippen LogP contribution in [-0.4, -0.2) is 25.0 Å². The molecule has 0 saturated heterocycles. The molecule has 0 heterocycles. The van der Waals surface area contributed by atoms with Gasteiger partial charge in [0.05, 0.1) is 0 Å². The van der Waals surface area contributed by atoms with Gasteiger partial charge in [-0.05, 0) is 66.9 Å². The molecule has 3 aromatic rings. The summed E-state index contributed by atoms with van der Waals surface area (Å²) in [6, 6.07) is 24.9. The standard InChI is InChI=1S/C24H24FN/c1-26(2)22-15-20-6-3-4-9-23(20)24(16-22)19-8-5-7-18(14-19)17-10-12-21(25)13-11-17/h3-14,22,24H,15-16H2,1-2H3/t22-,24+/m0/s1. The van der Waals surface area contributed by atoms with Gasteiger partial charge in [0, 0.05) is 12.0 Å². The number of hydrogen-bond donors (Lipinski definition) is 0. The minimum absolute atomic E-state index is 0.195. The second kappa shape index (κ2) is 7.05. The first-order valence-corrected chi connectivity index (χ1v) is 9.22. The third-order valence-corrected chi connectivity index (χ3v) is 5.59. The largest absolute Gasteiger partial charge is 0.306 e. The fourth-order valence-corrected chi connectivity index (χ4v) is 4.08. The van der Waals surface area contributed by atoms with Crippen molar-refractivity contribution in [2.75, 3.05) is 14.1 Å². The fraction of sp³-hybridized carbons (Fsp3) is 0.250. The lowest BCUT2D eigenvalue weighted by Gasteiger charge is -2.35. The van der Waals surface area contributed by atoms with Gasteiger partial charge < -0.3 is 4.90 Å². The van der Waals surface area contributed by atoms with E-state index in [2.05, 4.69) is 67.5 Å². The van der Waals surface area contributed by atoms with Gasteiger partial charge in [-0.1, -0.05) is 60.7 Å². The van der Waals surface area contributed by atoms with Crippen LogP contribution in [-0.2, 0) is 6.42 Å². The Bertz CT molecular complexity index is 898. The summed E-state index contributed by atoms with van der Waals surface area (Å²) in [6.07, 6.45) is 2.23. The molecule has 0 fully saturated rings. The normalized spacial score (nSPS) is 19.4. The molecular weight excluding hydrogens is 321 g/mol. The van der Waals surface area contributed by atoms with Gasteiger partial charge in [-0.2, -0.15) is 0 Å². The topological polar surface area (TPSA) is 3.24 Å². The first-order chi connectivity index (χ1) is 12.6. The predicted molar refractivity (Wildman–Crippen MR) is 106 cm³/mol. The lowest BCUT2D eigenvalue weighted by Crippen LogP contribution is -2.35. The average Bonchev–Trinajstić information content (AvgIpc) is 2.67. The van der Waals surface area contributed by atoms with E-state index < -0.39 is 0 Å². The van der Waals surface area contributed by atoms with E-state index in [1.165, 1.54) is 28.8 Å². The Labute approximate surface area is 155 Å². The first kappa shape index (κ1) is 17.0.